The van der Waals surface area contributed by atoms with Gasteiger partial charge < -0.3 is 10.4 Å². The van der Waals surface area contributed by atoms with Gasteiger partial charge in [-0.1, -0.05) is 6.92 Å². The standard InChI is InChI=1S/C12H13F2NO3/c1-2-9(12(17)18)11(16)15-6-7-5-8(13)3-4-10(7)14/h3-5,9H,2,6H2,1H3,(H,15,16)(H,17,18). The lowest BCUT2D eigenvalue weighted by atomic mass is 10.1. The second-order valence-electron chi connectivity index (χ2n) is 3.75. The van der Waals surface area contributed by atoms with Crippen molar-refractivity contribution in [3.63, 3.8) is 0 Å². The van der Waals surface area contributed by atoms with E-state index in [9.17, 15) is 18.4 Å². The highest BCUT2D eigenvalue weighted by molar-refractivity contribution is 5.96. The van der Waals surface area contributed by atoms with E-state index in [2.05, 4.69) is 5.32 Å². The fraction of sp³-hybridized carbons (Fsp3) is 0.333. The zero-order valence-corrected chi connectivity index (χ0v) is 9.74. The number of carbonyl (C=O) groups is 2. The molecule has 1 unspecified atom stereocenters. The van der Waals surface area contributed by atoms with Gasteiger partial charge >= 0.3 is 5.97 Å². The number of aliphatic carboxylic acids is 1. The molecular weight excluding hydrogens is 244 g/mol. The first kappa shape index (κ1) is 14.1. The van der Waals surface area contributed by atoms with Crippen LogP contribution in [-0.4, -0.2) is 17.0 Å². The number of carboxylic acid groups (broad SMARTS) is 1. The van der Waals surface area contributed by atoms with Crippen LogP contribution in [0.5, 0.6) is 0 Å². The normalized spacial score (nSPS) is 11.9. The fourth-order valence-corrected chi connectivity index (χ4v) is 1.46. The Morgan fingerprint density at radius 2 is 2.06 bits per heavy atom. The van der Waals surface area contributed by atoms with E-state index in [1.165, 1.54) is 0 Å². The van der Waals surface area contributed by atoms with E-state index in [1.54, 1.807) is 6.92 Å². The Balaban J connectivity index is 2.67. The summed E-state index contributed by atoms with van der Waals surface area (Å²) < 4.78 is 26.1. The summed E-state index contributed by atoms with van der Waals surface area (Å²) >= 11 is 0. The summed E-state index contributed by atoms with van der Waals surface area (Å²) in [5.41, 5.74) is -0.0245. The summed E-state index contributed by atoms with van der Waals surface area (Å²) in [7, 11) is 0. The Labute approximate surface area is 103 Å². The molecule has 0 spiro atoms. The highest BCUT2D eigenvalue weighted by atomic mass is 19.1. The van der Waals surface area contributed by atoms with E-state index in [0.29, 0.717) is 0 Å². The summed E-state index contributed by atoms with van der Waals surface area (Å²) in [6, 6.07) is 2.87. The maximum atomic E-state index is 13.2. The molecule has 1 aromatic rings. The fourth-order valence-electron chi connectivity index (χ4n) is 1.46. The Kier molecular flexibility index (Phi) is 4.76. The molecule has 0 fully saturated rings. The number of carboxylic acids is 1. The van der Waals surface area contributed by atoms with Crippen molar-refractivity contribution >= 4 is 11.9 Å². The number of amides is 1. The van der Waals surface area contributed by atoms with Crippen molar-refractivity contribution in [1.29, 1.82) is 0 Å². The quantitative estimate of drug-likeness (QED) is 0.789. The SMILES string of the molecule is CCC(C(=O)O)C(=O)NCc1cc(F)ccc1F. The van der Waals surface area contributed by atoms with Crippen molar-refractivity contribution < 1.29 is 23.5 Å². The lowest BCUT2D eigenvalue weighted by molar-refractivity contribution is -0.147. The van der Waals surface area contributed by atoms with E-state index < -0.39 is 29.4 Å². The molecule has 2 N–H and O–H groups in total. The number of hydrogen-bond acceptors (Lipinski definition) is 2. The molecule has 0 radical (unpaired) electrons. The van der Waals surface area contributed by atoms with E-state index in [1.807, 2.05) is 0 Å². The molecule has 0 aliphatic carbocycles. The summed E-state index contributed by atoms with van der Waals surface area (Å²) in [5, 5.41) is 11.0. The van der Waals surface area contributed by atoms with Crippen LogP contribution in [0.25, 0.3) is 0 Å². The van der Waals surface area contributed by atoms with Gasteiger partial charge in [0, 0.05) is 12.1 Å². The van der Waals surface area contributed by atoms with Crippen LogP contribution in [0.3, 0.4) is 0 Å². The van der Waals surface area contributed by atoms with Crippen LogP contribution in [-0.2, 0) is 16.1 Å². The molecule has 1 aromatic carbocycles. The van der Waals surface area contributed by atoms with Crippen LogP contribution in [0.1, 0.15) is 18.9 Å². The van der Waals surface area contributed by atoms with E-state index in [0.717, 1.165) is 18.2 Å². The van der Waals surface area contributed by atoms with Crippen LogP contribution in [0.4, 0.5) is 8.78 Å². The van der Waals surface area contributed by atoms with Crippen molar-refractivity contribution in [2.75, 3.05) is 0 Å². The number of rotatable bonds is 5. The summed E-state index contributed by atoms with van der Waals surface area (Å²) in [4.78, 5) is 22.2. The van der Waals surface area contributed by atoms with Crippen molar-refractivity contribution in [3.8, 4) is 0 Å². The van der Waals surface area contributed by atoms with Gasteiger partial charge in [-0.05, 0) is 24.6 Å². The molecule has 98 valence electrons. The summed E-state index contributed by atoms with van der Waals surface area (Å²) in [5.74, 6) is -4.41. The zero-order chi connectivity index (χ0) is 13.7. The molecule has 4 nitrogen and oxygen atoms in total. The highest BCUT2D eigenvalue weighted by Crippen LogP contribution is 2.10. The van der Waals surface area contributed by atoms with Crippen molar-refractivity contribution in [3.05, 3.63) is 35.4 Å². The van der Waals surface area contributed by atoms with Gasteiger partial charge in [0.1, 0.15) is 17.6 Å². The molecule has 1 atom stereocenters. The number of hydrogen-bond donors (Lipinski definition) is 2. The van der Waals surface area contributed by atoms with E-state index >= 15 is 0 Å². The van der Waals surface area contributed by atoms with Crippen LogP contribution < -0.4 is 5.32 Å². The smallest absolute Gasteiger partial charge is 0.316 e. The molecule has 6 heteroatoms. The molecular formula is C12H13F2NO3. The van der Waals surface area contributed by atoms with Crippen molar-refractivity contribution in [2.45, 2.75) is 19.9 Å². The molecule has 0 heterocycles. The van der Waals surface area contributed by atoms with Gasteiger partial charge in [0.05, 0.1) is 0 Å². The molecule has 0 saturated carbocycles. The lowest BCUT2D eigenvalue weighted by Crippen LogP contribution is -2.34. The number of carbonyl (C=O) groups excluding carboxylic acids is 1. The van der Waals surface area contributed by atoms with E-state index in [4.69, 9.17) is 5.11 Å². The first-order valence-corrected chi connectivity index (χ1v) is 5.40. The Bertz CT molecular complexity index is 463. The van der Waals surface area contributed by atoms with Gasteiger partial charge in [-0.3, -0.25) is 9.59 Å². The Morgan fingerprint density at radius 3 is 2.61 bits per heavy atom. The van der Waals surface area contributed by atoms with Gasteiger partial charge in [-0.15, -0.1) is 0 Å². The topological polar surface area (TPSA) is 66.4 Å². The monoisotopic (exact) mass is 257 g/mol. The molecule has 18 heavy (non-hydrogen) atoms. The average molecular weight is 257 g/mol. The van der Waals surface area contributed by atoms with Gasteiger partial charge in [0.15, 0.2) is 0 Å². The third kappa shape index (κ3) is 3.51. The van der Waals surface area contributed by atoms with Crippen LogP contribution in [0, 0.1) is 17.6 Å². The molecule has 1 rings (SSSR count). The number of benzene rings is 1. The molecule has 1 amide bonds. The first-order valence-electron chi connectivity index (χ1n) is 5.40. The zero-order valence-electron chi connectivity index (χ0n) is 9.74. The molecule has 0 bridgehead atoms. The second kappa shape index (κ2) is 6.09. The van der Waals surface area contributed by atoms with Gasteiger partial charge in [0.2, 0.25) is 5.91 Å². The Hall–Kier alpha value is -1.98. The predicted molar refractivity (Wildman–Crippen MR) is 59.6 cm³/mol. The molecule has 0 saturated heterocycles. The molecule has 0 aromatic heterocycles. The van der Waals surface area contributed by atoms with Crippen LogP contribution >= 0.6 is 0 Å². The van der Waals surface area contributed by atoms with Gasteiger partial charge in [-0.2, -0.15) is 0 Å². The third-order valence-corrected chi connectivity index (χ3v) is 2.48. The average Bonchev–Trinajstić information content (AvgIpc) is 2.30. The number of nitrogens with one attached hydrogen (secondary N) is 1. The third-order valence-electron chi connectivity index (χ3n) is 2.48. The van der Waals surface area contributed by atoms with Crippen LogP contribution in [0.2, 0.25) is 0 Å². The maximum Gasteiger partial charge on any atom is 0.316 e. The summed E-state index contributed by atoms with van der Waals surface area (Å²) in [6.45, 7) is 1.31. The largest absolute Gasteiger partial charge is 0.481 e. The van der Waals surface area contributed by atoms with Gasteiger partial charge in [0.25, 0.3) is 0 Å². The minimum Gasteiger partial charge on any atom is -0.481 e. The molecule has 0 aliphatic heterocycles. The van der Waals surface area contributed by atoms with Crippen molar-refractivity contribution in [2.24, 2.45) is 5.92 Å². The Morgan fingerprint density at radius 1 is 1.39 bits per heavy atom. The van der Waals surface area contributed by atoms with Gasteiger partial charge in [-0.25, -0.2) is 8.78 Å². The van der Waals surface area contributed by atoms with Crippen LogP contribution in [0.15, 0.2) is 18.2 Å². The highest BCUT2D eigenvalue weighted by Gasteiger charge is 2.23. The lowest BCUT2D eigenvalue weighted by Gasteiger charge is -2.11. The predicted octanol–water partition coefficient (Wildman–Crippen LogP) is 1.69. The second-order valence-corrected chi connectivity index (χ2v) is 3.75. The first-order chi connectivity index (χ1) is 8.45. The number of halogens is 2. The molecule has 0 aliphatic rings. The minimum absolute atomic E-state index is 0.0245. The summed E-state index contributed by atoms with van der Waals surface area (Å²) in [6.07, 6.45) is 0.132. The van der Waals surface area contributed by atoms with Crippen molar-refractivity contribution in [1.82, 2.24) is 5.32 Å². The minimum atomic E-state index is -1.24. The van der Waals surface area contributed by atoms with E-state index in [-0.39, 0.29) is 18.5 Å². The maximum absolute atomic E-state index is 13.2.